The quantitative estimate of drug-likeness (QED) is 0.496. The Balaban J connectivity index is 0.000000226. The third kappa shape index (κ3) is 6.67. The molecule has 6 heteroatoms. The molecule has 0 amide bonds. The minimum absolute atomic E-state index is 0.0486. The average Bonchev–Trinajstić information content (AvgIpc) is 2.35. The molecule has 1 saturated heterocycles. The standard InChI is InChI=1S/C4H6O3.C3H4O3/c1-3-2-6-4(5)7-3;1-2-6-3(4)5/h3H,2H2,1H3;2H,1H2,(H,4,5). The predicted octanol–water partition coefficient (Wildman–Crippen LogP) is 1.37. The van der Waals surface area contributed by atoms with Crippen molar-refractivity contribution in [3.8, 4) is 0 Å². The normalized spacial score (nSPS) is 18.8. The highest BCUT2D eigenvalue weighted by atomic mass is 16.8. The molecule has 0 bridgehead atoms. The van der Waals surface area contributed by atoms with Crippen LogP contribution in [0.3, 0.4) is 0 Å². The summed E-state index contributed by atoms with van der Waals surface area (Å²) in [6.45, 7) is 5.18. The molecule has 6 nitrogen and oxygen atoms in total. The molecule has 0 aromatic heterocycles. The van der Waals surface area contributed by atoms with E-state index >= 15 is 0 Å². The van der Waals surface area contributed by atoms with Gasteiger partial charge in [0.25, 0.3) is 0 Å². The molecule has 1 heterocycles. The number of ether oxygens (including phenoxy) is 3. The molecule has 1 aliphatic rings. The highest BCUT2D eigenvalue weighted by Crippen LogP contribution is 2.02. The van der Waals surface area contributed by atoms with Gasteiger partial charge in [-0.15, -0.1) is 0 Å². The van der Waals surface area contributed by atoms with Crippen LogP contribution in [0.1, 0.15) is 6.92 Å². The second-order valence-electron chi connectivity index (χ2n) is 2.04. The Labute approximate surface area is 74.7 Å². The van der Waals surface area contributed by atoms with Crippen molar-refractivity contribution in [1.29, 1.82) is 0 Å². The summed E-state index contributed by atoms with van der Waals surface area (Å²) >= 11 is 0. The highest BCUT2D eigenvalue weighted by molar-refractivity contribution is 5.61. The molecule has 1 unspecified atom stereocenters. The number of hydrogen-bond acceptors (Lipinski definition) is 5. The molecule has 1 rings (SSSR count). The zero-order valence-electron chi connectivity index (χ0n) is 7.06. The van der Waals surface area contributed by atoms with E-state index in [1.807, 2.05) is 0 Å². The molecule has 0 radical (unpaired) electrons. The molecule has 0 aromatic rings. The Hall–Kier alpha value is -1.72. The van der Waals surface area contributed by atoms with Crippen LogP contribution in [0.4, 0.5) is 9.59 Å². The van der Waals surface area contributed by atoms with E-state index in [0.29, 0.717) is 6.61 Å². The van der Waals surface area contributed by atoms with Gasteiger partial charge in [0.2, 0.25) is 0 Å². The van der Waals surface area contributed by atoms with Crippen LogP contribution in [-0.2, 0) is 14.2 Å². The van der Waals surface area contributed by atoms with Gasteiger partial charge in [0, 0.05) is 0 Å². The summed E-state index contributed by atoms with van der Waals surface area (Å²) in [6, 6.07) is 0. The van der Waals surface area contributed by atoms with Crippen LogP contribution in [0.5, 0.6) is 0 Å². The lowest BCUT2D eigenvalue weighted by atomic mass is 10.5. The van der Waals surface area contributed by atoms with Crippen LogP contribution in [0, 0.1) is 0 Å². The van der Waals surface area contributed by atoms with Gasteiger partial charge in [-0.1, -0.05) is 6.58 Å². The molecule has 0 aliphatic carbocycles. The van der Waals surface area contributed by atoms with Gasteiger partial charge < -0.3 is 19.3 Å². The first-order valence-corrected chi connectivity index (χ1v) is 3.40. The van der Waals surface area contributed by atoms with E-state index in [4.69, 9.17) is 5.11 Å². The van der Waals surface area contributed by atoms with E-state index < -0.39 is 12.3 Å². The Morgan fingerprint density at radius 2 is 2.46 bits per heavy atom. The number of carboxylic acid groups (broad SMARTS) is 1. The van der Waals surface area contributed by atoms with E-state index in [2.05, 4.69) is 20.8 Å². The van der Waals surface area contributed by atoms with E-state index in [1.54, 1.807) is 6.92 Å². The Morgan fingerprint density at radius 3 is 2.54 bits per heavy atom. The molecular formula is C7H10O6. The van der Waals surface area contributed by atoms with Gasteiger partial charge in [0.15, 0.2) is 0 Å². The van der Waals surface area contributed by atoms with Crippen LogP contribution < -0.4 is 0 Å². The monoisotopic (exact) mass is 190 g/mol. The van der Waals surface area contributed by atoms with E-state index in [-0.39, 0.29) is 6.10 Å². The first kappa shape index (κ1) is 11.3. The average molecular weight is 190 g/mol. The third-order valence-electron chi connectivity index (χ3n) is 0.917. The van der Waals surface area contributed by atoms with E-state index in [1.165, 1.54) is 0 Å². The van der Waals surface area contributed by atoms with Gasteiger partial charge >= 0.3 is 12.3 Å². The summed E-state index contributed by atoms with van der Waals surface area (Å²) in [5.41, 5.74) is 0. The van der Waals surface area contributed by atoms with Gasteiger partial charge in [-0.2, -0.15) is 0 Å². The first-order valence-electron chi connectivity index (χ1n) is 3.40. The maximum Gasteiger partial charge on any atom is 0.510 e. The Morgan fingerprint density at radius 1 is 1.85 bits per heavy atom. The number of hydrogen-bond donors (Lipinski definition) is 1. The molecular weight excluding hydrogens is 180 g/mol. The summed E-state index contributed by atoms with van der Waals surface area (Å²) in [4.78, 5) is 19.3. The second-order valence-corrected chi connectivity index (χ2v) is 2.04. The van der Waals surface area contributed by atoms with Crippen molar-refractivity contribution in [2.24, 2.45) is 0 Å². The lowest BCUT2D eigenvalue weighted by molar-refractivity contribution is 0.121. The van der Waals surface area contributed by atoms with Crippen molar-refractivity contribution < 1.29 is 28.9 Å². The zero-order chi connectivity index (χ0) is 10.3. The fourth-order valence-electron chi connectivity index (χ4n) is 0.489. The van der Waals surface area contributed by atoms with Crippen molar-refractivity contribution in [2.75, 3.05) is 6.61 Å². The van der Waals surface area contributed by atoms with Crippen LogP contribution in [0.25, 0.3) is 0 Å². The Bertz CT molecular complexity index is 199. The predicted molar refractivity (Wildman–Crippen MR) is 41.2 cm³/mol. The summed E-state index contributed by atoms with van der Waals surface area (Å²) in [6.07, 6.45) is -1.08. The third-order valence-corrected chi connectivity index (χ3v) is 0.917. The lowest BCUT2D eigenvalue weighted by Gasteiger charge is -1.90. The van der Waals surface area contributed by atoms with E-state index in [0.717, 1.165) is 6.26 Å². The largest absolute Gasteiger partial charge is 0.510 e. The zero-order valence-corrected chi connectivity index (χ0v) is 7.06. The molecule has 0 aromatic carbocycles. The van der Waals surface area contributed by atoms with Crippen molar-refractivity contribution in [1.82, 2.24) is 0 Å². The summed E-state index contributed by atoms with van der Waals surface area (Å²) in [5, 5.41) is 7.62. The SMILES string of the molecule is C=COC(=O)O.CC1COC(=O)O1. The number of cyclic esters (lactones) is 2. The van der Waals surface area contributed by atoms with Gasteiger partial charge in [0.1, 0.15) is 12.7 Å². The van der Waals surface area contributed by atoms with Crippen molar-refractivity contribution >= 4 is 12.3 Å². The van der Waals surface area contributed by atoms with Crippen LogP contribution >= 0.6 is 0 Å². The maximum absolute atomic E-state index is 10.0. The second kappa shape index (κ2) is 5.87. The molecule has 1 fully saturated rings. The molecule has 1 aliphatic heterocycles. The minimum atomic E-state index is -1.33. The lowest BCUT2D eigenvalue weighted by Crippen LogP contribution is -2.01. The fraction of sp³-hybridized carbons (Fsp3) is 0.429. The van der Waals surface area contributed by atoms with Gasteiger partial charge in [-0.3, -0.25) is 0 Å². The van der Waals surface area contributed by atoms with Crippen molar-refractivity contribution in [2.45, 2.75) is 13.0 Å². The molecule has 1 N–H and O–H groups in total. The molecule has 1 atom stereocenters. The first-order chi connectivity index (χ1) is 6.06. The minimum Gasteiger partial charge on any atom is -0.449 e. The van der Waals surface area contributed by atoms with Gasteiger partial charge in [-0.25, -0.2) is 9.59 Å². The van der Waals surface area contributed by atoms with E-state index in [9.17, 15) is 9.59 Å². The number of carbonyl (C=O) groups is 2. The number of rotatable bonds is 1. The summed E-state index contributed by atoms with van der Waals surface area (Å²) in [7, 11) is 0. The molecule has 13 heavy (non-hydrogen) atoms. The van der Waals surface area contributed by atoms with Crippen LogP contribution in [0.15, 0.2) is 12.8 Å². The summed E-state index contributed by atoms with van der Waals surface area (Å²) < 4.78 is 12.6. The maximum atomic E-state index is 10.0. The van der Waals surface area contributed by atoms with Gasteiger partial charge in [0.05, 0.1) is 6.26 Å². The highest BCUT2D eigenvalue weighted by Gasteiger charge is 2.19. The smallest absolute Gasteiger partial charge is 0.449 e. The van der Waals surface area contributed by atoms with Gasteiger partial charge in [-0.05, 0) is 6.92 Å². The summed E-state index contributed by atoms with van der Waals surface area (Å²) in [5.74, 6) is 0. The molecule has 74 valence electrons. The fourth-order valence-corrected chi connectivity index (χ4v) is 0.489. The number of carbonyl (C=O) groups excluding carboxylic acids is 1. The Kier molecular flexibility index (Phi) is 5.09. The van der Waals surface area contributed by atoms with Crippen LogP contribution in [0.2, 0.25) is 0 Å². The van der Waals surface area contributed by atoms with Crippen molar-refractivity contribution in [3.05, 3.63) is 12.8 Å². The van der Waals surface area contributed by atoms with Crippen LogP contribution in [-0.4, -0.2) is 30.1 Å². The topological polar surface area (TPSA) is 82.1 Å². The molecule has 0 saturated carbocycles. The molecule has 0 spiro atoms. The van der Waals surface area contributed by atoms with Crippen molar-refractivity contribution in [3.63, 3.8) is 0 Å².